The Morgan fingerprint density at radius 2 is 1.67 bits per heavy atom. The highest BCUT2D eigenvalue weighted by Crippen LogP contribution is 2.27. The first-order valence-corrected chi connectivity index (χ1v) is 10.8. The first kappa shape index (κ1) is 22.3. The lowest BCUT2D eigenvalue weighted by molar-refractivity contribution is -0.384. The summed E-state index contributed by atoms with van der Waals surface area (Å²) in [6, 6.07) is 23.2. The van der Waals surface area contributed by atoms with Gasteiger partial charge in [-0.15, -0.1) is 0 Å². The number of nitrogens with one attached hydrogen (secondary N) is 1. The number of nitro groups is 1. The van der Waals surface area contributed by atoms with Crippen molar-refractivity contribution in [1.29, 1.82) is 0 Å². The van der Waals surface area contributed by atoms with E-state index in [-0.39, 0.29) is 11.6 Å². The van der Waals surface area contributed by atoms with Gasteiger partial charge in [0.2, 0.25) is 5.91 Å². The highest BCUT2D eigenvalue weighted by molar-refractivity contribution is 5.95. The number of anilines is 2. The second-order valence-electron chi connectivity index (χ2n) is 7.83. The summed E-state index contributed by atoms with van der Waals surface area (Å²) in [5.41, 5.74) is 2.64. The third-order valence-electron chi connectivity index (χ3n) is 5.81. The van der Waals surface area contributed by atoms with E-state index in [2.05, 4.69) is 15.1 Å². The van der Waals surface area contributed by atoms with Gasteiger partial charge in [0.15, 0.2) is 0 Å². The van der Waals surface area contributed by atoms with Gasteiger partial charge in [0, 0.05) is 55.8 Å². The van der Waals surface area contributed by atoms with Crippen molar-refractivity contribution < 1.29 is 14.5 Å². The standard InChI is InChI=1S/C25H26N4O4/c1-33-23-9-5-8-20(18-23)26-25(30)24(19-6-3-2-4-7-19)28-16-14-27(15-17-28)21-10-12-22(13-11-21)29(31)32/h2-13,18,24H,14-17H2,1H3,(H,26,30). The highest BCUT2D eigenvalue weighted by Gasteiger charge is 2.30. The number of rotatable bonds is 7. The van der Waals surface area contributed by atoms with Crippen LogP contribution in [0.2, 0.25) is 0 Å². The molecule has 0 saturated carbocycles. The normalized spacial score (nSPS) is 15.0. The summed E-state index contributed by atoms with van der Waals surface area (Å²) in [7, 11) is 1.60. The minimum atomic E-state index is -0.434. The smallest absolute Gasteiger partial charge is 0.269 e. The zero-order chi connectivity index (χ0) is 23.2. The van der Waals surface area contributed by atoms with Gasteiger partial charge in [-0.1, -0.05) is 36.4 Å². The highest BCUT2D eigenvalue weighted by atomic mass is 16.6. The van der Waals surface area contributed by atoms with Crippen molar-refractivity contribution in [2.75, 3.05) is 43.5 Å². The largest absolute Gasteiger partial charge is 0.497 e. The van der Waals surface area contributed by atoms with E-state index in [0.717, 1.165) is 11.3 Å². The molecule has 1 fully saturated rings. The van der Waals surface area contributed by atoms with Crippen LogP contribution in [0.15, 0.2) is 78.9 Å². The summed E-state index contributed by atoms with van der Waals surface area (Å²) in [5.74, 6) is 0.582. The molecule has 1 unspecified atom stereocenters. The van der Waals surface area contributed by atoms with Gasteiger partial charge in [-0.2, -0.15) is 0 Å². The molecule has 1 heterocycles. The Morgan fingerprint density at radius 1 is 0.970 bits per heavy atom. The number of carbonyl (C=O) groups is 1. The number of amides is 1. The minimum Gasteiger partial charge on any atom is -0.497 e. The van der Waals surface area contributed by atoms with Crippen molar-refractivity contribution in [2.24, 2.45) is 0 Å². The number of nitrogens with zero attached hydrogens (tertiary/aromatic N) is 3. The molecule has 0 spiro atoms. The molecule has 8 heteroatoms. The van der Waals surface area contributed by atoms with Crippen molar-refractivity contribution in [3.63, 3.8) is 0 Å². The van der Waals surface area contributed by atoms with E-state index in [1.54, 1.807) is 25.3 Å². The SMILES string of the molecule is COc1cccc(NC(=O)C(c2ccccc2)N2CCN(c3ccc([N+](=O)[O-])cc3)CC2)c1. The number of non-ortho nitro benzene ring substituents is 1. The van der Waals surface area contributed by atoms with Crippen LogP contribution in [-0.2, 0) is 4.79 Å². The molecule has 1 atom stereocenters. The van der Waals surface area contributed by atoms with Crippen molar-refractivity contribution in [2.45, 2.75) is 6.04 Å². The zero-order valence-corrected chi connectivity index (χ0v) is 18.4. The van der Waals surface area contributed by atoms with Gasteiger partial charge in [0.1, 0.15) is 11.8 Å². The second kappa shape index (κ2) is 10.1. The average molecular weight is 447 g/mol. The maximum atomic E-state index is 13.4. The van der Waals surface area contributed by atoms with E-state index in [4.69, 9.17) is 4.74 Å². The van der Waals surface area contributed by atoms with Gasteiger partial charge >= 0.3 is 0 Å². The lowest BCUT2D eigenvalue weighted by Crippen LogP contribution is -2.50. The van der Waals surface area contributed by atoms with Crippen LogP contribution in [-0.4, -0.2) is 49.0 Å². The molecule has 8 nitrogen and oxygen atoms in total. The summed E-state index contributed by atoms with van der Waals surface area (Å²) in [4.78, 5) is 28.3. The molecule has 1 N–H and O–H groups in total. The fraction of sp³-hybridized carbons (Fsp3) is 0.240. The zero-order valence-electron chi connectivity index (χ0n) is 18.4. The Kier molecular flexibility index (Phi) is 6.85. The van der Waals surface area contributed by atoms with Crippen molar-refractivity contribution >= 4 is 23.0 Å². The third kappa shape index (κ3) is 5.30. The Bertz CT molecular complexity index is 1100. The molecule has 1 aliphatic rings. The molecular weight excluding hydrogens is 420 g/mol. The number of benzene rings is 3. The molecule has 1 amide bonds. The number of nitro benzene ring substituents is 1. The van der Waals surface area contributed by atoms with Gasteiger partial charge in [-0.05, 0) is 29.8 Å². The lowest BCUT2D eigenvalue weighted by Gasteiger charge is -2.39. The molecule has 0 aromatic heterocycles. The molecule has 170 valence electrons. The van der Waals surface area contributed by atoms with Crippen LogP contribution in [0.1, 0.15) is 11.6 Å². The number of carbonyl (C=O) groups excluding carboxylic acids is 1. The van der Waals surface area contributed by atoms with Crippen molar-refractivity contribution in [3.05, 3.63) is 94.5 Å². The van der Waals surface area contributed by atoms with Crippen molar-refractivity contribution in [1.82, 2.24) is 4.90 Å². The molecule has 0 aliphatic carbocycles. The van der Waals surface area contributed by atoms with E-state index in [1.807, 2.05) is 48.5 Å². The number of hydrogen-bond donors (Lipinski definition) is 1. The summed E-state index contributed by atoms with van der Waals surface area (Å²) >= 11 is 0. The van der Waals surface area contributed by atoms with Crippen LogP contribution in [0, 0.1) is 10.1 Å². The summed E-state index contributed by atoms with van der Waals surface area (Å²) < 4.78 is 5.27. The maximum Gasteiger partial charge on any atom is 0.269 e. The van der Waals surface area contributed by atoms with Crippen LogP contribution >= 0.6 is 0 Å². The summed E-state index contributed by atoms with van der Waals surface area (Å²) in [6.07, 6.45) is 0. The topological polar surface area (TPSA) is 88.0 Å². The Morgan fingerprint density at radius 3 is 2.30 bits per heavy atom. The van der Waals surface area contributed by atoms with E-state index >= 15 is 0 Å². The van der Waals surface area contributed by atoms with Crippen LogP contribution < -0.4 is 15.0 Å². The molecule has 4 rings (SSSR count). The van der Waals surface area contributed by atoms with Gasteiger partial charge < -0.3 is 15.0 Å². The summed E-state index contributed by atoms with van der Waals surface area (Å²) in [6.45, 7) is 2.80. The molecule has 3 aromatic carbocycles. The summed E-state index contributed by atoms with van der Waals surface area (Å²) in [5, 5.41) is 13.9. The fourth-order valence-corrected chi connectivity index (χ4v) is 4.10. The number of piperazine rings is 1. The van der Waals surface area contributed by atoms with E-state index in [0.29, 0.717) is 37.6 Å². The predicted molar refractivity (Wildman–Crippen MR) is 128 cm³/mol. The third-order valence-corrected chi connectivity index (χ3v) is 5.81. The number of methoxy groups -OCH3 is 1. The average Bonchev–Trinajstić information content (AvgIpc) is 2.85. The van der Waals surface area contributed by atoms with Gasteiger partial charge in [0.05, 0.1) is 12.0 Å². The number of ether oxygens (including phenoxy) is 1. The van der Waals surface area contributed by atoms with E-state index < -0.39 is 11.0 Å². The molecule has 1 aliphatic heterocycles. The predicted octanol–water partition coefficient (Wildman–Crippen LogP) is 4.11. The van der Waals surface area contributed by atoms with Crippen LogP contribution in [0.5, 0.6) is 5.75 Å². The van der Waals surface area contributed by atoms with Gasteiger partial charge in [-0.25, -0.2) is 0 Å². The van der Waals surface area contributed by atoms with Crippen LogP contribution in [0.4, 0.5) is 17.1 Å². The quantitative estimate of drug-likeness (QED) is 0.434. The monoisotopic (exact) mass is 446 g/mol. The number of hydrogen-bond acceptors (Lipinski definition) is 6. The fourth-order valence-electron chi connectivity index (χ4n) is 4.10. The lowest BCUT2D eigenvalue weighted by atomic mass is 10.0. The Balaban J connectivity index is 1.49. The minimum absolute atomic E-state index is 0.0794. The van der Waals surface area contributed by atoms with Gasteiger partial charge in [-0.3, -0.25) is 19.8 Å². The van der Waals surface area contributed by atoms with Crippen LogP contribution in [0.3, 0.4) is 0 Å². The molecule has 33 heavy (non-hydrogen) atoms. The molecule has 3 aromatic rings. The maximum absolute atomic E-state index is 13.4. The van der Waals surface area contributed by atoms with Crippen molar-refractivity contribution in [3.8, 4) is 5.75 Å². The Hall–Kier alpha value is -3.91. The second-order valence-corrected chi connectivity index (χ2v) is 7.83. The molecule has 0 radical (unpaired) electrons. The molecule has 0 bridgehead atoms. The first-order chi connectivity index (χ1) is 16.0. The molecular formula is C25H26N4O4. The van der Waals surface area contributed by atoms with Crippen LogP contribution in [0.25, 0.3) is 0 Å². The van der Waals surface area contributed by atoms with E-state index in [9.17, 15) is 14.9 Å². The Labute approximate surface area is 192 Å². The first-order valence-electron chi connectivity index (χ1n) is 10.8. The van der Waals surface area contributed by atoms with Gasteiger partial charge in [0.25, 0.3) is 5.69 Å². The van der Waals surface area contributed by atoms with E-state index in [1.165, 1.54) is 12.1 Å². The molecule has 1 saturated heterocycles.